The van der Waals surface area contributed by atoms with E-state index in [4.69, 9.17) is 0 Å². The number of fused-ring (bicyclic) bond motifs is 2. The summed E-state index contributed by atoms with van der Waals surface area (Å²) in [7, 11) is 0. The van der Waals surface area contributed by atoms with E-state index in [1.165, 1.54) is 6.42 Å². The molecule has 0 aromatic heterocycles. The summed E-state index contributed by atoms with van der Waals surface area (Å²) in [6.07, 6.45) is 3.35. The molecule has 2 fully saturated rings. The third kappa shape index (κ3) is 0.809. The van der Waals surface area contributed by atoms with Gasteiger partial charge in [0.1, 0.15) is 0 Å². The zero-order chi connectivity index (χ0) is 10.8. The summed E-state index contributed by atoms with van der Waals surface area (Å²) in [5, 5.41) is 10.8. The van der Waals surface area contributed by atoms with Gasteiger partial charge in [0.25, 0.3) is 0 Å². The van der Waals surface area contributed by atoms with Crippen molar-refractivity contribution in [3.63, 3.8) is 0 Å². The van der Waals surface area contributed by atoms with Gasteiger partial charge in [-0.15, -0.1) is 0 Å². The predicted octanol–water partition coefficient (Wildman–Crippen LogP) is 3.14. The molecule has 2 unspecified atom stereocenters. The highest BCUT2D eigenvalue weighted by Crippen LogP contribution is 2.70. The average molecular weight is 194 g/mol. The molecule has 2 saturated carbocycles. The van der Waals surface area contributed by atoms with E-state index >= 15 is 0 Å². The molecule has 0 spiro atoms. The van der Waals surface area contributed by atoms with Gasteiger partial charge in [0.15, 0.2) is 0 Å². The van der Waals surface area contributed by atoms with Crippen molar-refractivity contribution in [2.45, 2.75) is 52.6 Å². The Bertz CT molecular complexity index is 292. The van der Waals surface area contributed by atoms with Crippen LogP contribution in [0, 0.1) is 16.7 Å². The largest absolute Gasteiger partial charge is 0.385 e. The van der Waals surface area contributed by atoms with Crippen LogP contribution in [0.15, 0.2) is 12.2 Å². The molecule has 0 saturated heterocycles. The molecule has 2 aliphatic carbocycles. The number of rotatable bonds is 1. The van der Waals surface area contributed by atoms with Crippen molar-refractivity contribution in [1.29, 1.82) is 0 Å². The fourth-order valence-corrected chi connectivity index (χ4v) is 3.92. The quantitative estimate of drug-likeness (QED) is 0.636. The van der Waals surface area contributed by atoms with Crippen LogP contribution < -0.4 is 0 Å². The standard InChI is InChI=1S/C13H22O/c1-9(2)13(14)8-10-6-7-12(13,5)11(10,3)4/h10,14H,1,6-8H2,2-5H3/t10?,12-,13?/m1/s1. The molecule has 2 rings (SSSR count). The van der Waals surface area contributed by atoms with E-state index in [9.17, 15) is 5.11 Å². The molecule has 1 N–H and O–H groups in total. The van der Waals surface area contributed by atoms with Gasteiger partial charge in [0.2, 0.25) is 0 Å². The molecule has 0 aromatic rings. The molecule has 14 heavy (non-hydrogen) atoms. The molecule has 0 heterocycles. The van der Waals surface area contributed by atoms with E-state index in [0.29, 0.717) is 5.92 Å². The van der Waals surface area contributed by atoms with Crippen LogP contribution in [-0.4, -0.2) is 10.7 Å². The fourth-order valence-electron chi connectivity index (χ4n) is 3.92. The highest BCUT2D eigenvalue weighted by atomic mass is 16.3. The maximum Gasteiger partial charge on any atom is 0.0912 e. The lowest BCUT2D eigenvalue weighted by molar-refractivity contribution is -0.0596. The molecule has 0 radical (unpaired) electrons. The first-order chi connectivity index (χ1) is 6.26. The van der Waals surface area contributed by atoms with Crippen LogP contribution in [0.25, 0.3) is 0 Å². The number of hydrogen-bond donors (Lipinski definition) is 1. The van der Waals surface area contributed by atoms with Crippen LogP contribution in [0.2, 0.25) is 0 Å². The smallest absolute Gasteiger partial charge is 0.0912 e. The Balaban J connectivity index is 2.50. The van der Waals surface area contributed by atoms with Crippen molar-refractivity contribution in [1.82, 2.24) is 0 Å². The minimum absolute atomic E-state index is 0.0382. The van der Waals surface area contributed by atoms with E-state index < -0.39 is 5.60 Å². The number of aliphatic hydroxyl groups is 1. The van der Waals surface area contributed by atoms with Gasteiger partial charge < -0.3 is 5.11 Å². The van der Waals surface area contributed by atoms with Crippen molar-refractivity contribution in [3.05, 3.63) is 12.2 Å². The summed E-state index contributed by atoms with van der Waals surface area (Å²) < 4.78 is 0. The number of hydrogen-bond acceptors (Lipinski definition) is 1. The van der Waals surface area contributed by atoms with Crippen molar-refractivity contribution in [2.75, 3.05) is 0 Å². The highest BCUT2D eigenvalue weighted by Gasteiger charge is 2.68. The van der Waals surface area contributed by atoms with Gasteiger partial charge in [0, 0.05) is 5.41 Å². The molecule has 0 aliphatic heterocycles. The van der Waals surface area contributed by atoms with Crippen molar-refractivity contribution >= 4 is 0 Å². The summed E-state index contributed by atoms with van der Waals surface area (Å²) in [5.74, 6) is 0.675. The van der Waals surface area contributed by atoms with Crippen LogP contribution >= 0.6 is 0 Å². The first-order valence-electron chi connectivity index (χ1n) is 5.64. The summed E-state index contributed by atoms with van der Waals surface area (Å²) in [4.78, 5) is 0. The Morgan fingerprint density at radius 3 is 2.14 bits per heavy atom. The van der Waals surface area contributed by atoms with Crippen LogP contribution in [-0.2, 0) is 0 Å². The molecule has 1 nitrogen and oxygen atoms in total. The first-order valence-corrected chi connectivity index (χ1v) is 5.64. The molecular weight excluding hydrogens is 172 g/mol. The molecule has 1 heteroatoms. The second-order valence-electron chi connectivity index (χ2n) is 6.13. The zero-order valence-electron chi connectivity index (χ0n) is 9.85. The van der Waals surface area contributed by atoms with Gasteiger partial charge in [0.05, 0.1) is 5.60 Å². The average Bonchev–Trinajstić information content (AvgIpc) is 2.36. The molecular formula is C13H22O. The van der Waals surface area contributed by atoms with Crippen molar-refractivity contribution in [2.24, 2.45) is 16.7 Å². The van der Waals surface area contributed by atoms with E-state index in [-0.39, 0.29) is 10.8 Å². The molecule has 2 bridgehead atoms. The summed E-state index contributed by atoms with van der Waals surface area (Å²) >= 11 is 0. The minimum Gasteiger partial charge on any atom is -0.385 e. The summed E-state index contributed by atoms with van der Waals surface area (Å²) in [6.45, 7) is 12.8. The Kier molecular flexibility index (Phi) is 1.78. The van der Waals surface area contributed by atoms with Crippen LogP contribution in [0.4, 0.5) is 0 Å². The molecule has 0 amide bonds. The SMILES string of the molecule is C=C(C)C1(O)CC2CC[C@]1(C)C2(C)C. The Morgan fingerprint density at radius 1 is 1.36 bits per heavy atom. The van der Waals surface area contributed by atoms with Gasteiger partial charge in [-0.05, 0) is 43.1 Å². The van der Waals surface area contributed by atoms with E-state index in [1.54, 1.807) is 0 Å². The lowest BCUT2D eigenvalue weighted by Crippen LogP contribution is -2.47. The first kappa shape index (κ1) is 10.2. The monoisotopic (exact) mass is 194 g/mol. The second-order valence-corrected chi connectivity index (χ2v) is 6.13. The van der Waals surface area contributed by atoms with Crippen molar-refractivity contribution in [3.8, 4) is 0 Å². The Labute approximate surface area is 87.2 Å². The Morgan fingerprint density at radius 2 is 1.93 bits per heavy atom. The zero-order valence-corrected chi connectivity index (χ0v) is 9.85. The van der Waals surface area contributed by atoms with Gasteiger partial charge in [-0.2, -0.15) is 0 Å². The fraction of sp³-hybridized carbons (Fsp3) is 0.846. The van der Waals surface area contributed by atoms with Crippen LogP contribution in [0.5, 0.6) is 0 Å². The lowest BCUT2D eigenvalue weighted by atomic mass is 9.62. The highest BCUT2D eigenvalue weighted by molar-refractivity contribution is 5.28. The van der Waals surface area contributed by atoms with Crippen LogP contribution in [0.1, 0.15) is 47.0 Å². The third-order valence-electron chi connectivity index (χ3n) is 5.60. The van der Waals surface area contributed by atoms with E-state index in [2.05, 4.69) is 27.4 Å². The molecule has 80 valence electrons. The minimum atomic E-state index is -0.612. The van der Waals surface area contributed by atoms with Gasteiger partial charge >= 0.3 is 0 Å². The van der Waals surface area contributed by atoms with Gasteiger partial charge in [-0.3, -0.25) is 0 Å². The Hall–Kier alpha value is -0.300. The van der Waals surface area contributed by atoms with Gasteiger partial charge in [-0.1, -0.05) is 27.4 Å². The predicted molar refractivity (Wildman–Crippen MR) is 59.0 cm³/mol. The summed E-state index contributed by atoms with van der Waals surface area (Å²) in [6, 6.07) is 0. The topological polar surface area (TPSA) is 20.2 Å². The normalized spacial score (nSPS) is 49.6. The van der Waals surface area contributed by atoms with E-state index in [0.717, 1.165) is 18.4 Å². The molecule has 2 aliphatic rings. The maximum atomic E-state index is 10.8. The second kappa shape index (κ2) is 2.44. The summed E-state index contributed by atoms with van der Waals surface area (Å²) in [5.41, 5.74) is 0.645. The lowest BCUT2D eigenvalue weighted by Gasteiger charge is -2.45. The van der Waals surface area contributed by atoms with Crippen molar-refractivity contribution < 1.29 is 5.11 Å². The molecule has 0 aromatic carbocycles. The maximum absolute atomic E-state index is 10.8. The molecule has 3 atom stereocenters. The van der Waals surface area contributed by atoms with Crippen LogP contribution in [0.3, 0.4) is 0 Å². The van der Waals surface area contributed by atoms with E-state index in [1.807, 2.05) is 6.92 Å². The third-order valence-corrected chi connectivity index (χ3v) is 5.60. The van der Waals surface area contributed by atoms with Gasteiger partial charge in [-0.25, -0.2) is 0 Å².